The van der Waals surface area contributed by atoms with Gasteiger partial charge in [-0.2, -0.15) is 0 Å². The first-order valence-corrected chi connectivity index (χ1v) is 5.95. The minimum Gasteiger partial charge on any atom is -0.443 e. The number of para-hydroxylation sites is 1. The molecule has 19 heavy (non-hydrogen) atoms. The average molecular weight is 283 g/mol. The van der Waals surface area contributed by atoms with Crippen molar-refractivity contribution in [2.24, 2.45) is 5.73 Å². The van der Waals surface area contributed by atoms with Crippen molar-refractivity contribution in [1.82, 2.24) is 4.57 Å². The van der Waals surface area contributed by atoms with Crippen LogP contribution in [0.2, 0.25) is 0 Å². The fourth-order valence-electron chi connectivity index (χ4n) is 1.87. The number of ether oxygens (including phenoxy) is 1. The maximum Gasteiger partial charge on any atom is 0.419 e. The van der Waals surface area contributed by atoms with E-state index in [9.17, 15) is 4.79 Å². The van der Waals surface area contributed by atoms with Crippen LogP contribution in [-0.2, 0) is 11.3 Å². The highest BCUT2D eigenvalue weighted by Crippen LogP contribution is 2.22. The van der Waals surface area contributed by atoms with Crippen molar-refractivity contribution in [3.63, 3.8) is 0 Å². The van der Waals surface area contributed by atoms with Crippen molar-refractivity contribution < 1.29 is 9.53 Å². The van der Waals surface area contributed by atoms with Crippen molar-refractivity contribution in [2.75, 3.05) is 0 Å². The Labute approximate surface area is 118 Å². The molecule has 0 spiro atoms. The van der Waals surface area contributed by atoms with Crippen LogP contribution >= 0.6 is 12.4 Å². The Morgan fingerprint density at radius 3 is 2.53 bits per heavy atom. The molecule has 4 nitrogen and oxygen atoms in total. The Bertz CT molecular complexity index is 585. The summed E-state index contributed by atoms with van der Waals surface area (Å²) in [5, 5.41) is 0.992. The minimum atomic E-state index is -0.509. The average Bonchev–Trinajstić information content (AvgIpc) is 2.65. The van der Waals surface area contributed by atoms with Gasteiger partial charge in [0.25, 0.3) is 0 Å². The highest BCUT2D eigenvalue weighted by Gasteiger charge is 2.20. The standard InChI is InChI=1S/C14H18N2O2.ClH/c1-14(2,3)18-13(17)16-9-10(8-15)11-6-4-5-7-12(11)16;/h4-7,9H,8,15H2,1-3H3;1H. The van der Waals surface area contributed by atoms with Crippen LogP contribution in [0.15, 0.2) is 30.5 Å². The summed E-state index contributed by atoms with van der Waals surface area (Å²) in [5.41, 5.74) is 6.95. The quantitative estimate of drug-likeness (QED) is 0.873. The predicted molar refractivity (Wildman–Crippen MR) is 78.7 cm³/mol. The third kappa shape index (κ3) is 3.28. The van der Waals surface area contributed by atoms with Crippen LogP contribution < -0.4 is 5.73 Å². The molecule has 0 bridgehead atoms. The van der Waals surface area contributed by atoms with Gasteiger partial charge in [-0.05, 0) is 32.4 Å². The van der Waals surface area contributed by atoms with Crippen LogP contribution in [0.4, 0.5) is 4.79 Å². The molecular weight excluding hydrogens is 264 g/mol. The first kappa shape index (κ1) is 15.5. The number of aromatic nitrogens is 1. The van der Waals surface area contributed by atoms with Crippen LogP contribution in [0.1, 0.15) is 26.3 Å². The van der Waals surface area contributed by atoms with Crippen LogP contribution in [0.5, 0.6) is 0 Å². The van der Waals surface area contributed by atoms with Gasteiger partial charge < -0.3 is 10.5 Å². The SMILES string of the molecule is CC(C)(C)OC(=O)n1cc(CN)c2ccccc21.Cl. The first-order valence-electron chi connectivity index (χ1n) is 5.95. The zero-order chi connectivity index (χ0) is 13.3. The number of carbonyl (C=O) groups is 1. The van der Waals surface area contributed by atoms with Gasteiger partial charge in [-0.3, -0.25) is 4.57 Å². The summed E-state index contributed by atoms with van der Waals surface area (Å²) in [6, 6.07) is 7.67. The van der Waals surface area contributed by atoms with Gasteiger partial charge in [-0.25, -0.2) is 4.79 Å². The Morgan fingerprint density at radius 2 is 1.95 bits per heavy atom. The molecule has 0 aliphatic rings. The zero-order valence-electron chi connectivity index (χ0n) is 11.3. The van der Waals surface area contributed by atoms with Crippen molar-refractivity contribution in [3.8, 4) is 0 Å². The van der Waals surface area contributed by atoms with Gasteiger partial charge in [-0.1, -0.05) is 18.2 Å². The summed E-state index contributed by atoms with van der Waals surface area (Å²) in [7, 11) is 0. The van der Waals surface area contributed by atoms with E-state index in [1.54, 1.807) is 6.20 Å². The maximum atomic E-state index is 12.1. The minimum absolute atomic E-state index is 0. The summed E-state index contributed by atoms with van der Waals surface area (Å²) in [6.45, 7) is 5.94. The number of benzene rings is 1. The highest BCUT2D eigenvalue weighted by atomic mass is 35.5. The van der Waals surface area contributed by atoms with E-state index in [0.717, 1.165) is 16.5 Å². The molecule has 5 heteroatoms. The van der Waals surface area contributed by atoms with Crippen molar-refractivity contribution >= 4 is 29.4 Å². The molecule has 1 aromatic heterocycles. The normalized spacial score (nSPS) is 11.2. The van der Waals surface area contributed by atoms with Crippen molar-refractivity contribution in [2.45, 2.75) is 32.9 Å². The van der Waals surface area contributed by atoms with Gasteiger partial charge in [0.2, 0.25) is 0 Å². The fraction of sp³-hybridized carbons (Fsp3) is 0.357. The predicted octanol–water partition coefficient (Wildman–Crippen LogP) is 3.31. The summed E-state index contributed by atoms with van der Waals surface area (Å²) in [6.07, 6.45) is 1.37. The Balaban J connectivity index is 0.00000180. The van der Waals surface area contributed by atoms with Gasteiger partial charge in [0.05, 0.1) is 5.52 Å². The third-order valence-electron chi connectivity index (χ3n) is 2.60. The lowest BCUT2D eigenvalue weighted by Gasteiger charge is -2.19. The Morgan fingerprint density at radius 1 is 1.32 bits per heavy atom. The van der Waals surface area contributed by atoms with E-state index in [1.807, 2.05) is 45.0 Å². The molecular formula is C14H19ClN2O2. The van der Waals surface area contributed by atoms with E-state index >= 15 is 0 Å². The molecule has 0 radical (unpaired) electrons. The van der Waals surface area contributed by atoms with Gasteiger partial charge in [0.1, 0.15) is 5.60 Å². The lowest BCUT2D eigenvalue weighted by atomic mass is 10.2. The second-order valence-corrected chi connectivity index (χ2v) is 5.23. The van der Waals surface area contributed by atoms with Crippen LogP contribution in [0, 0.1) is 0 Å². The van der Waals surface area contributed by atoms with E-state index in [-0.39, 0.29) is 18.5 Å². The van der Waals surface area contributed by atoms with Crippen molar-refractivity contribution in [1.29, 1.82) is 0 Å². The summed E-state index contributed by atoms with van der Waals surface area (Å²) >= 11 is 0. The molecule has 0 unspecified atom stereocenters. The monoisotopic (exact) mass is 282 g/mol. The number of hydrogen-bond acceptors (Lipinski definition) is 3. The van der Waals surface area contributed by atoms with E-state index < -0.39 is 5.60 Å². The van der Waals surface area contributed by atoms with Gasteiger partial charge in [-0.15, -0.1) is 12.4 Å². The molecule has 104 valence electrons. The smallest absolute Gasteiger partial charge is 0.419 e. The van der Waals surface area contributed by atoms with E-state index in [4.69, 9.17) is 10.5 Å². The number of hydrogen-bond donors (Lipinski definition) is 1. The van der Waals surface area contributed by atoms with Crippen LogP contribution in [0.3, 0.4) is 0 Å². The summed E-state index contributed by atoms with van der Waals surface area (Å²) in [5.74, 6) is 0. The number of nitrogens with zero attached hydrogens (tertiary/aromatic N) is 1. The Kier molecular flexibility index (Phi) is 4.61. The van der Waals surface area contributed by atoms with Crippen LogP contribution in [-0.4, -0.2) is 16.3 Å². The number of fused-ring (bicyclic) bond motifs is 1. The molecule has 2 N–H and O–H groups in total. The first-order chi connectivity index (χ1) is 8.42. The second-order valence-electron chi connectivity index (χ2n) is 5.23. The van der Waals surface area contributed by atoms with E-state index in [0.29, 0.717) is 6.54 Å². The number of nitrogens with two attached hydrogens (primary N) is 1. The molecule has 0 aliphatic heterocycles. The van der Waals surface area contributed by atoms with Gasteiger partial charge >= 0.3 is 6.09 Å². The van der Waals surface area contributed by atoms with E-state index in [1.165, 1.54) is 4.57 Å². The summed E-state index contributed by atoms with van der Waals surface area (Å²) < 4.78 is 6.89. The number of carbonyl (C=O) groups excluding carboxylic acids is 1. The molecule has 2 rings (SSSR count). The van der Waals surface area contributed by atoms with Gasteiger partial charge in [0, 0.05) is 18.1 Å². The Hall–Kier alpha value is -1.52. The molecule has 0 saturated carbocycles. The molecule has 1 aromatic carbocycles. The molecule has 0 fully saturated rings. The lowest BCUT2D eigenvalue weighted by molar-refractivity contribution is 0.0544. The van der Waals surface area contributed by atoms with E-state index in [2.05, 4.69) is 0 Å². The molecule has 0 aliphatic carbocycles. The number of rotatable bonds is 1. The maximum absolute atomic E-state index is 12.1. The highest BCUT2D eigenvalue weighted by molar-refractivity contribution is 5.92. The molecule has 2 aromatic rings. The second kappa shape index (κ2) is 5.63. The lowest BCUT2D eigenvalue weighted by Crippen LogP contribution is -2.26. The largest absolute Gasteiger partial charge is 0.443 e. The molecule has 1 heterocycles. The van der Waals surface area contributed by atoms with Crippen LogP contribution in [0.25, 0.3) is 10.9 Å². The number of halogens is 1. The molecule has 0 saturated heterocycles. The third-order valence-corrected chi connectivity index (χ3v) is 2.60. The zero-order valence-corrected chi connectivity index (χ0v) is 12.2. The molecule has 0 atom stereocenters. The van der Waals surface area contributed by atoms with Gasteiger partial charge in [0.15, 0.2) is 0 Å². The fourth-order valence-corrected chi connectivity index (χ4v) is 1.87. The summed E-state index contributed by atoms with van der Waals surface area (Å²) in [4.78, 5) is 12.1. The molecule has 0 amide bonds. The topological polar surface area (TPSA) is 57.2 Å². The van der Waals surface area contributed by atoms with Crippen molar-refractivity contribution in [3.05, 3.63) is 36.0 Å².